The maximum absolute atomic E-state index is 12.7. The molecule has 8 nitrogen and oxygen atoms in total. The molecule has 8 heteroatoms. The van der Waals surface area contributed by atoms with Crippen LogP contribution in [0.5, 0.6) is 0 Å². The van der Waals surface area contributed by atoms with Gasteiger partial charge in [0.05, 0.1) is 28.5 Å². The molecule has 0 aliphatic carbocycles. The minimum absolute atomic E-state index is 0.0140. The molecular weight excluding hydrogens is 372 g/mol. The average molecular weight is 386 g/mol. The van der Waals surface area contributed by atoms with Crippen molar-refractivity contribution in [3.8, 4) is 11.5 Å². The lowest BCUT2D eigenvalue weighted by molar-refractivity contribution is -0.384. The fraction of sp³-hybridized carbons (Fsp3) is 0. The zero-order chi connectivity index (χ0) is 20.2. The molecule has 0 saturated carbocycles. The van der Waals surface area contributed by atoms with Crippen molar-refractivity contribution in [3.63, 3.8) is 0 Å². The molecule has 0 aliphatic heterocycles. The monoisotopic (exact) mass is 386 g/mol. The highest BCUT2D eigenvalue weighted by molar-refractivity contribution is 6.07. The van der Waals surface area contributed by atoms with E-state index in [0.717, 1.165) is 0 Å². The Morgan fingerprint density at radius 1 is 1.10 bits per heavy atom. The molecule has 0 unspecified atom stereocenters. The van der Waals surface area contributed by atoms with Gasteiger partial charge in [-0.1, -0.05) is 18.2 Å². The van der Waals surface area contributed by atoms with Crippen LogP contribution in [0.1, 0.15) is 15.9 Å². The number of nitrogens with zero attached hydrogens (tertiary/aromatic N) is 3. The smallest absolute Gasteiger partial charge is 0.272 e. The largest absolute Gasteiger partial charge is 0.463 e. The Kier molecular flexibility index (Phi) is 4.81. The van der Waals surface area contributed by atoms with Crippen LogP contribution in [0, 0.1) is 10.1 Å². The van der Waals surface area contributed by atoms with Gasteiger partial charge in [0.2, 0.25) is 0 Å². The highest BCUT2D eigenvalue weighted by Crippen LogP contribution is 2.25. The van der Waals surface area contributed by atoms with Gasteiger partial charge in [-0.15, -0.1) is 0 Å². The van der Waals surface area contributed by atoms with Gasteiger partial charge in [-0.25, -0.2) is 10.4 Å². The molecule has 4 rings (SSSR count). The van der Waals surface area contributed by atoms with Gasteiger partial charge in [0.25, 0.3) is 11.6 Å². The molecule has 2 aromatic carbocycles. The number of carbonyl (C=O) groups is 1. The minimum atomic E-state index is -0.478. The molecule has 2 aromatic heterocycles. The molecule has 4 aromatic rings. The van der Waals surface area contributed by atoms with Crippen LogP contribution in [0.4, 0.5) is 5.69 Å². The number of hydrogen-bond acceptors (Lipinski definition) is 6. The van der Waals surface area contributed by atoms with Gasteiger partial charge >= 0.3 is 0 Å². The highest BCUT2D eigenvalue weighted by atomic mass is 16.6. The molecule has 29 heavy (non-hydrogen) atoms. The molecule has 0 spiro atoms. The van der Waals surface area contributed by atoms with Crippen LogP contribution in [-0.4, -0.2) is 22.0 Å². The van der Waals surface area contributed by atoms with E-state index in [1.54, 1.807) is 36.6 Å². The first-order chi connectivity index (χ1) is 14.1. The lowest BCUT2D eigenvalue weighted by atomic mass is 10.1. The van der Waals surface area contributed by atoms with Crippen molar-refractivity contribution >= 4 is 28.7 Å². The Morgan fingerprint density at radius 2 is 1.90 bits per heavy atom. The van der Waals surface area contributed by atoms with Crippen LogP contribution < -0.4 is 5.43 Å². The lowest BCUT2D eigenvalue weighted by Gasteiger charge is -2.07. The summed E-state index contributed by atoms with van der Waals surface area (Å²) in [6.45, 7) is 0. The predicted molar refractivity (Wildman–Crippen MR) is 108 cm³/mol. The molecular formula is C21H14N4O4. The third kappa shape index (κ3) is 3.86. The first-order valence-corrected chi connectivity index (χ1v) is 8.63. The van der Waals surface area contributed by atoms with E-state index in [0.29, 0.717) is 33.5 Å². The minimum Gasteiger partial charge on any atom is -0.463 e. The number of pyridine rings is 1. The Hall–Kier alpha value is -4.33. The Labute approximate surface area is 164 Å². The fourth-order valence-electron chi connectivity index (χ4n) is 2.82. The number of amides is 1. The van der Waals surface area contributed by atoms with Crippen molar-refractivity contribution in [3.05, 3.63) is 94.2 Å². The van der Waals surface area contributed by atoms with E-state index in [9.17, 15) is 14.9 Å². The Morgan fingerprint density at radius 3 is 2.62 bits per heavy atom. The van der Waals surface area contributed by atoms with Gasteiger partial charge in [-0.2, -0.15) is 5.10 Å². The summed E-state index contributed by atoms with van der Waals surface area (Å²) < 4.78 is 5.40. The molecule has 1 amide bonds. The summed E-state index contributed by atoms with van der Waals surface area (Å²) >= 11 is 0. The second-order valence-corrected chi connectivity index (χ2v) is 6.10. The summed E-state index contributed by atoms with van der Waals surface area (Å²) in [6, 6.07) is 18.3. The van der Waals surface area contributed by atoms with Crippen molar-refractivity contribution < 1.29 is 14.1 Å². The molecule has 0 saturated heterocycles. The number of hydrazone groups is 1. The zero-order valence-electron chi connectivity index (χ0n) is 15.0. The van der Waals surface area contributed by atoms with Gasteiger partial charge in [-0.3, -0.25) is 14.9 Å². The SMILES string of the molecule is O=C(N/N=C/c1ccc([N+](=O)[O-])cc1)c1cc(-c2ccco2)nc2ccccc12. The van der Waals surface area contributed by atoms with E-state index in [4.69, 9.17) is 4.42 Å². The van der Waals surface area contributed by atoms with Crippen LogP contribution >= 0.6 is 0 Å². The van der Waals surface area contributed by atoms with Gasteiger partial charge in [0.15, 0.2) is 5.76 Å². The first-order valence-electron chi connectivity index (χ1n) is 8.63. The van der Waals surface area contributed by atoms with Gasteiger partial charge < -0.3 is 4.42 Å². The molecule has 142 valence electrons. The number of nitro groups is 1. The second kappa shape index (κ2) is 7.73. The molecule has 0 radical (unpaired) electrons. The number of nitrogens with one attached hydrogen (secondary N) is 1. The molecule has 0 aliphatic rings. The highest BCUT2D eigenvalue weighted by Gasteiger charge is 2.14. The standard InChI is InChI=1S/C21H14N4O4/c26-21(24-22-13-14-7-9-15(10-8-14)25(27)28)17-12-19(20-6-3-11-29-20)23-18-5-2-1-4-16(17)18/h1-13H,(H,24,26)/b22-13+. The lowest BCUT2D eigenvalue weighted by Crippen LogP contribution is -2.18. The Balaban J connectivity index is 1.60. The number of carbonyl (C=O) groups excluding carboxylic acids is 1. The van der Waals surface area contributed by atoms with E-state index >= 15 is 0 Å². The fourth-order valence-corrected chi connectivity index (χ4v) is 2.82. The summed E-state index contributed by atoms with van der Waals surface area (Å²) in [5.41, 5.74) is 4.69. The van der Waals surface area contributed by atoms with E-state index in [1.807, 2.05) is 24.3 Å². The topological polar surface area (TPSA) is 111 Å². The first kappa shape index (κ1) is 18.1. The van der Waals surface area contributed by atoms with Crippen LogP contribution in [-0.2, 0) is 0 Å². The molecule has 0 bridgehead atoms. The van der Waals surface area contributed by atoms with Crippen LogP contribution in [0.25, 0.3) is 22.4 Å². The van der Waals surface area contributed by atoms with Crippen molar-refractivity contribution in [2.24, 2.45) is 5.10 Å². The number of furan rings is 1. The van der Waals surface area contributed by atoms with E-state index < -0.39 is 10.8 Å². The summed E-state index contributed by atoms with van der Waals surface area (Å²) in [6.07, 6.45) is 2.96. The molecule has 0 atom stereocenters. The van der Waals surface area contributed by atoms with Gasteiger partial charge in [0, 0.05) is 17.5 Å². The normalized spacial score (nSPS) is 11.0. The summed E-state index contributed by atoms with van der Waals surface area (Å²) in [5, 5.41) is 15.3. The third-order valence-corrected chi connectivity index (χ3v) is 4.22. The van der Waals surface area contributed by atoms with Crippen molar-refractivity contribution in [2.45, 2.75) is 0 Å². The van der Waals surface area contributed by atoms with Crippen LogP contribution in [0.15, 0.2) is 82.5 Å². The Bertz CT molecular complexity index is 1220. The third-order valence-electron chi connectivity index (χ3n) is 4.22. The zero-order valence-corrected chi connectivity index (χ0v) is 15.0. The molecule has 0 fully saturated rings. The molecule has 2 heterocycles. The van der Waals surface area contributed by atoms with Crippen molar-refractivity contribution in [2.75, 3.05) is 0 Å². The number of rotatable bonds is 5. The molecule has 1 N–H and O–H groups in total. The summed E-state index contributed by atoms with van der Waals surface area (Å²) in [7, 11) is 0. The van der Waals surface area contributed by atoms with Crippen LogP contribution in [0.3, 0.4) is 0 Å². The summed E-state index contributed by atoms with van der Waals surface area (Å²) in [4.78, 5) is 27.5. The van der Waals surface area contributed by atoms with Crippen molar-refractivity contribution in [1.82, 2.24) is 10.4 Å². The maximum atomic E-state index is 12.7. The van der Waals surface area contributed by atoms with Crippen molar-refractivity contribution in [1.29, 1.82) is 0 Å². The van der Waals surface area contributed by atoms with E-state index in [-0.39, 0.29) is 5.69 Å². The quantitative estimate of drug-likeness (QED) is 0.314. The van der Waals surface area contributed by atoms with E-state index in [1.165, 1.54) is 18.3 Å². The van der Waals surface area contributed by atoms with Gasteiger partial charge in [-0.05, 0) is 42.0 Å². The number of hydrogen-bond donors (Lipinski definition) is 1. The number of nitro benzene ring substituents is 1. The van der Waals surface area contributed by atoms with Gasteiger partial charge in [0.1, 0.15) is 5.69 Å². The number of aromatic nitrogens is 1. The number of fused-ring (bicyclic) bond motifs is 1. The number of benzene rings is 2. The number of para-hydroxylation sites is 1. The average Bonchev–Trinajstić information content (AvgIpc) is 3.28. The number of non-ortho nitro benzene ring substituents is 1. The maximum Gasteiger partial charge on any atom is 0.272 e. The van der Waals surface area contributed by atoms with E-state index in [2.05, 4.69) is 15.5 Å². The second-order valence-electron chi connectivity index (χ2n) is 6.10. The van der Waals surface area contributed by atoms with Crippen LogP contribution in [0.2, 0.25) is 0 Å². The predicted octanol–water partition coefficient (Wildman–Crippen LogP) is 4.17. The summed E-state index contributed by atoms with van der Waals surface area (Å²) in [5.74, 6) is 0.147.